The van der Waals surface area contributed by atoms with Gasteiger partial charge in [-0.05, 0) is 82.9 Å². The van der Waals surface area contributed by atoms with Crippen LogP contribution in [0.3, 0.4) is 0 Å². The number of carbonyl (C=O) groups is 1. The van der Waals surface area contributed by atoms with Gasteiger partial charge in [-0.3, -0.25) is 4.21 Å². The van der Waals surface area contributed by atoms with Gasteiger partial charge >= 0.3 is 6.09 Å². The van der Waals surface area contributed by atoms with Crippen LogP contribution in [-0.4, -0.2) is 62.7 Å². The molecule has 2 unspecified atom stereocenters. The molecule has 1 aromatic heterocycles. The number of aryl methyl sites for hydroxylation is 1. The first-order valence-corrected chi connectivity index (χ1v) is 15.5. The molecule has 2 heterocycles. The molecule has 1 aliphatic heterocycles. The standard InChI is InChI=1S/C30H39N5O3S/c1-20-8-6-10-24-22(20)9-7-13-30(24)14-11-23-25(18-30)32-27(39(5)37)33-26(23)34-16-17-35(21(19-34)12-15-31)28(36)38-29(2,3)4/h6,8,10,21H,7,9,11-14,16-19H2,1-5H3/t21-,30?,39?/m0/s1. The van der Waals surface area contributed by atoms with Gasteiger partial charge in [0.2, 0.25) is 5.16 Å². The smallest absolute Gasteiger partial charge is 0.410 e. The maximum atomic E-state index is 12.9. The predicted octanol–water partition coefficient (Wildman–Crippen LogP) is 4.62. The van der Waals surface area contributed by atoms with Crippen LogP contribution in [-0.2, 0) is 40.2 Å². The summed E-state index contributed by atoms with van der Waals surface area (Å²) in [5.41, 5.74) is 5.86. The zero-order valence-corrected chi connectivity index (χ0v) is 24.6. The lowest BCUT2D eigenvalue weighted by Gasteiger charge is -2.45. The number of aromatic nitrogens is 2. The lowest BCUT2D eigenvalue weighted by atomic mass is 9.62. The second-order valence-corrected chi connectivity index (χ2v) is 13.5. The third-order valence-corrected chi connectivity index (χ3v) is 9.16. The summed E-state index contributed by atoms with van der Waals surface area (Å²) in [6.45, 7) is 9.21. The number of nitriles is 1. The minimum absolute atomic E-state index is 0.0451. The Morgan fingerprint density at radius 1 is 1.21 bits per heavy atom. The molecular weight excluding hydrogens is 510 g/mol. The molecule has 0 N–H and O–H groups in total. The first-order chi connectivity index (χ1) is 18.5. The van der Waals surface area contributed by atoms with Crippen LogP contribution in [0.15, 0.2) is 23.4 Å². The molecule has 8 nitrogen and oxygen atoms in total. The average molecular weight is 550 g/mol. The third-order valence-electron chi connectivity index (χ3n) is 8.47. The molecule has 9 heteroatoms. The number of piperazine rings is 1. The summed E-state index contributed by atoms with van der Waals surface area (Å²) in [7, 11) is -1.33. The predicted molar refractivity (Wildman–Crippen MR) is 151 cm³/mol. The van der Waals surface area contributed by atoms with Crippen molar-refractivity contribution in [1.82, 2.24) is 14.9 Å². The fourth-order valence-electron chi connectivity index (χ4n) is 6.66. The topological polar surface area (TPSA) is 99.4 Å². The molecule has 1 amide bonds. The van der Waals surface area contributed by atoms with Crippen LogP contribution in [0.4, 0.5) is 10.6 Å². The van der Waals surface area contributed by atoms with Gasteiger partial charge in [-0.25, -0.2) is 14.8 Å². The van der Waals surface area contributed by atoms with Crippen LogP contribution in [0, 0.1) is 18.3 Å². The second-order valence-electron chi connectivity index (χ2n) is 12.3. The molecule has 2 aromatic rings. The molecule has 1 saturated heterocycles. The molecule has 0 bridgehead atoms. The van der Waals surface area contributed by atoms with Crippen LogP contribution in [0.1, 0.15) is 74.4 Å². The van der Waals surface area contributed by atoms with Crippen molar-refractivity contribution in [1.29, 1.82) is 5.26 Å². The number of hydrogen-bond acceptors (Lipinski definition) is 7. The molecule has 2 aliphatic carbocycles. The highest BCUT2D eigenvalue weighted by Crippen LogP contribution is 2.48. The van der Waals surface area contributed by atoms with Crippen molar-refractivity contribution < 1.29 is 13.7 Å². The number of amides is 1. The number of carbonyl (C=O) groups excluding carboxylic acids is 1. The molecule has 208 valence electrons. The molecule has 0 radical (unpaired) electrons. The van der Waals surface area contributed by atoms with Gasteiger partial charge in [0.1, 0.15) is 11.4 Å². The Bertz CT molecular complexity index is 1350. The molecule has 3 atom stereocenters. The van der Waals surface area contributed by atoms with Gasteiger partial charge in [-0.15, -0.1) is 0 Å². The Morgan fingerprint density at radius 2 is 2.00 bits per heavy atom. The number of hydrogen-bond donors (Lipinski definition) is 0. The Labute approximate surface area is 234 Å². The van der Waals surface area contributed by atoms with Crippen molar-refractivity contribution in [3.8, 4) is 6.07 Å². The summed E-state index contributed by atoms with van der Waals surface area (Å²) in [5, 5.41) is 9.90. The van der Waals surface area contributed by atoms with Gasteiger partial charge in [0.05, 0.1) is 35.0 Å². The first-order valence-electron chi connectivity index (χ1n) is 13.9. The normalized spacial score (nSPS) is 23.5. The number of anilines is 1. The Hall–Kier alpha value is -2.99. The van der Waals surface area contributed by atoms with E-state index in [9.17, 15) is 14.3 Å². The van der Waals surface area contributed by atoms with Crippen molar-refractivity contribution in [2.24, 2.45) is 0 Å². The number of fused-ring (bicyclic) bond motifs is 3. The summed E-state index contributed by atoms with van der Waals surface area (Å²) in [5.74, 6) is 0.812. The maximum Gasteiger partial charge on any atom is 0.410 e. The van der Waals surface area contributed by atoms with E-state index in [2.05, 4.69) is 36.1 Å². The largest absolute Gasteiger partial charge is 0.444 e. The van der Waals surface area contributed by atoms with Crippen molar-refractivity contribution in [2.45, 2.75) is 94.9 Å². The molecule has 1 spiro atoms. The summed E-state index contributed by atoms with van der Waals surface area (Å²) >= 11 is 0. The van der Waals surface area contributed by atoms with E-state index in [4.69, 9.17) is 14.7 Å². The van der Waals surface area contributed by atoms with Gasteiger partial charge in [0.15, 0.2) is 0 Å². The van der Waals surface area contributed by atoms with Crippen molar-refractivity contribution in [2.75, 3.05) is 30.8 Å². The minimum atomic E-state index is -1.33. The van der Waals surface area contributed by atoms with Crippen LogP contribution in [0.25, 0.3) is 0 Å². The monoisotopic (exact) mass is 549 g/mol. The Kier molecular flexibility index (Phi) is 7.45. The fourth-order valence-corrected chi connectivity index (χ4v) is 7.12. The van der Waals surface area contributed by atoms with E-state index < -0.39 is 22.5 Å². The van der Waals surface area contributed by atoms with E-state index in [1.807, 2.05) is 20.8 Å². The summed E-state index contributed by atoms with van der Waals surface area (Å²) < 4.78 is 18.3. The number of nitrogens with zero attached hydrogens (tertiary/aromatic N) is 5. The van der Waals surface area contributed by atoms with Crippen molar-refractivity contribution in [3.05, 3.63) is 46.1 Å². The van der Waals surface area contributed by atoms with Gasteiger partial charge < -0.3 is 14.5 Å². The lowest BCUT2D eigenvalue weighted by molar-refractivity contribution is 0.0144. The molecule has 5 rings (SSSR count). The highest BCUT2D eigenvalue weighted by molar-refractivity contribution is 7.84. The third kappa shape index (κ3) is 5.41. The zero-order valence-electron chi connectivity index (χ0n) is 23.7. The number of benzene rings is 1. The first kappa shape index (κ1) is 27.6. The number of rotatable bonds is 3. The van der Waals surface area contributed by atoms with E-state index in [0.717, 1.165) is 49.2 Å². The van der Waals surface area contributed by atoms with E-state index in [0.29, 0.717) is 24.8 Å². The van der Waals surface area contributed by atoms with Crippen molar-refractivity contribution >= 4 is 22.7 Å². The van der Waals surface area contributed by atoms with E-state index in [-0.39, 0.29) is 17.9 Å². The zero-order chi connectivity index (χ0) is 27.9. The van der Waals surface area contributed by atoms with E-state index >= 15 is 0 Å². The molecule has 0 saturated carbocycles. The number of ether oxygens (including phenoxy) is 1. The van der Waals surface area contributed by atoms with Crippen LogP contribution < -0.4 is 4.90 Å². The van der Waals surface area contributed by atoms with Crippen molar-refractivity contribution in [3.63, 3.8) is 0 Å². The lowest BCUT2D eigenvalue weighted by Crippen LogP contribution is -2.56. The molecule has 1 aromatic carbocycles. The van der Waals surface area contributed by atoms with E-state index in [1.165, 1.54) is 23.1 Å². The Morgan fingerprint density at radius 3 is 2.72 bits per heavy atom. The van der Waals surface area contributed by atoms with Crippen LogP contribution in [0.2, 0.25) is 0 Å². The highest BCUT2D eigenvalue weighted by atomic mass is 32.2. The van der Waals surface area contributed by atoms with Gasteiger partial charge in [-0.1, -0.05) is 18.2 Å². The van der Waals surface area contributed by atoms with E-state index in [1.54, 1.807) is 11.2 Å². The SMILES string of the molecule is Cc1cccc2c1CCCC21CCc2c(nc(S(C)=O)nc2N2CCN(C(=O)OC(C)(C)C)[C@@H](CC#N)C2)C1. The second kappa shape index (κ2) is 10.5. The van der Waals surface area contributed by atoms with Gasteiger partial charge in [0, 0.05) is 36.9 Å². The summed E-state index contributed by atoms with van der Waals surface area (Å²) in [6.07, 6.45) is 7.56. The van der Waals surface area contributed by atoms with Crippen LogP contribution in [0.5, 0.6) is 0 Å². The molecule has 39 heavy (non-hydrogen) atoms. The van der Waals surface area contributed by atoms with Gasteiger partial charge in [-0.2, -0.15) is 5.26 Å². The fraction of sp³-hybridized carbons (Fsp3) is 0.600. The minimum Gasteiger partial charge on any atom is -0.444 e. The molecule has 1 fully saturated rings. The molecular formula is C30H39N5O3S. The highest BCUT2D eigenvalue weighted by Gasteiger charge is 2.42. The summed E-state index contributed by atoms with van der Waals surface area (Å²) in [6, 6.07) is 8.61. The average Bonchev–Trinajstić information content (AvgIpc) is 2.88. The Balaban J connectivity index is 1.49. The summed E-state index contributed by atoms with van der Waals surface area (Å²) in [4.78, 5) is 26.5. The molecule has 3 aliphatic rings. The van der Waals surface area contributed by atoms with Crippen LogP contribution >= 0.6 is 0 Å². The quantitative estimate of drug-likeness (QED) is 0.515. The van der Waals surface area contributed by atoms with Gasteiger partial charge in [0.25, 0.3) is 0 Å². The maximum absolute atomic E-state index is 12.9.